The number of aromatic nitrogens is 2. The molecule has 1 N–H and O–H groups in total. The van der Waals surface area contributed by atoms with Gasteiger partial charge in [0.15, 0.2) is 0 Å². The van der Waals surface area contributed by atoms with Gasteiger partial charge in [-0.15, -0.1) is 0 Å². The van der Waals surface area contributed by atoms with Crippen molar-refractivity contribution in [1.29, 1.82) is 0 Å². The molecule has 1 aromatic heterocycles. The maximum Gasteiger partial charge on any atom is 0.257 e. The van der Waals surface area contributed by atoms with Gasteiger partial charge in [-0.05, 0) is 59.5 Å². The first-order valence-corrected chi connectivity index (χ1v) is 9.80. The molecule has 2 aromatic carbocycles. The van der Waals surface area contributed by atoms with Crippen molar-refractivity contribution in [3.8, 4) is 17.2 Å². The number of nitrogens with one attached hydrogen (secondary N) is 1. The Morgan fingerprint density at radius 3 is 2.43 bits per heavy atom. The van der Waals surface area contributed by atoms with Gasteiger partial charge in [-0.25, -0.2) is 4.68 Å². The van der Waals surface area contributed by atoms with Gasteiger partial charge in [-0.2, -0.15) is 5.10 Å². The third-order valence-corrected chi connectivity index (χ3v) is 5.63. The number of hydrogen-bond acceptors (Lipinski definition) is 4. The second-order valence-corrected chi connectivity index (χ2v) is 7.32. The zero-order valence-electron chi connectivity index (χ0n) is 15.7. The summed E-state index contributed by atoms with van der Waals surface area (Å²) in [7, 11) is 3.11. The Hall–Kier alpha value is -2.80. The standard InChI is InChI=1S/C21H20BrN3O3/c1-27-17-11-13(12-18(28-2)19(17)22)21(26)23-20-15-9-6-10-16(15)24-25(20)14-7-4-3-5-8-14/h3-5,7-8,11-12H,6,9-10H2,1-2H3,(H,23,26). The van der Waals surface area contributed by atoms with Crippen LogP contribution in [0, 0.1) is 0 Å². The van der Waals surface area contributed by atoms with Crippen molar-refractivity contribution in [2.24, 2.45) is 0 Å². The highest BCUT2D eigenvalue weighted by Gasteiger charge is 2.25. The molecule has 0 saturated heterocycles. The number of methoxy groups -OCH3 is 2. The Morgan fingerprint density at radius 2 is 1.79 bits per heavy atom. The van der Waals surface area contributed by atoms with Gasteiger partial charge in [0.1, 0.15) is 21.8 Å². The van der Waals surface area contributed by atoms with Crippen LogP contribution in [0.25, 0.3) is 5.69 Å². The molecule has 0 aliphatic heterocycles. The van der Waals surface area contributed by atoms with E-state index in [2.05, 4.69) is 21.2 Å². The zero-order valence-corrected chi connectivity index (χ0v) is 17.2. The third kappa shape index (κ3) is 3.26. The van der Waals surface area contributed by atoms with E-state index in [4.69, 9.17) is 14.6 Å². The number of rotatable bonds is 5. The number of amides is 1. The molecule has 0 fully saturated rings. The SMILES string of the molecule is COc1cc(C(=O)Nc2c3c(nn2-c2ccccc2)CCC3)cc(OC)c1Br. The number of fused-ring (bicyclic) bond motifs is 1. The van der Waals surface area contributed by atoms with Crippen LogP contribution >= 0.6 is 15.9 Å². The van der Waals surface area contributed by atoms with Gasteiger partial charge in [-0.3, -0.25) is 4.79 Å². The van der Waals surface area contributed by atoms with Gasteiger partial charge >= 0.3 is 0 Å². The van der Waals surface area contributed by atoms with Crippen molar-refractivity contribution < 1.29 is 14.3 Å². The normalized spacial score (nSPS) is 12.5. The molecule has 1 aliphatic rings. The smallest absolute Gasteiger partial charge is 0.257 e. The summed E-state index contributed by atoms with van der Waals surface area (Å²) in [4.78, 5) is 13.1. The lowest BCUT2D eigenvalue weighted by molar-refractivity contribution is 0.102. The summed E-state index contributed by atoms with van der Waals surface area (Å²) < 4.78 is 13.2. The summed E-state index contributed by atoms with van der Waals surface area (Å²) in [5.41, 5.74) is 3.51. The maximum atomic E-state index is 13.1. The largest absolute Gasteiger partial charge is 0.495 e. The maximum absolute atomic E-state index is 13.1. The molecule has 0 saturated carbocycles. The summed E-state index contributed by atoms with van der Waals surface area (Å²) in [5, 5.41) is 7.80. The fourth-order valence-electron chi connectivity index (χ4n) is 3.46. The Morgan fingerprint density at radius 1 is 1.11 bits per heavy atom. The molecule has 4 rings (SSSR count). The fourth-order valence-corrected chi connectivity index (χ4v) is 4.01. The summed E-state index contributed by atoms with van der Waals surface area (Å²) >= 11 is 3.43. The molecule has 0 atom stereocenters. The zero-order chi connectivity index (χ0) is 19.7. The van der Waals surface area contributed by atoms with Gasteiger partial charge in [0, 0.05) is 11.1 Å². The van der Waals surface area contributed by atoms with Crippen LogP contribution in [-0.4, -0.2) is 29.9 Å². The van der Waals surface area contributed by atoms with Crippen molar-refractivity contribution in [2.45, 2.75) is 19.3 Å². The topological polar surface area (TPSA) is 65.4 Å². The monoisotopic (exact) mass is 441 g/mol. The van der Waals surface area contributed by atoms with Crippen molar-refractivity contribution in [3.05, 3.63) is 63.8 Å². The molecular weight excluding hydrogens is 422 g/mol. The van der Waals surface area contributed by atoms with Crippen LogP contribution in [0.4, 0.5) is 5.82 Å². The molecule has 7 heteroatoms. The highest BCUT2D eigenvalue weighted by molar-refractivity contribution is 9.10. The van der Waals surface area contributed by atoms with Crippen molar-refractivity contribution in [1.82, 2.24) is 9.78 Å². The minimum absolute atomic E-state index is 0.240. The highest BCUT2D eigenvalue weighted by Crippen LogP contribution is 2.36. The van der Waals surface area contributed by atoms with Crippen LogP contribution in [0.5, 0.6) is 11.5 Å². The van der Waals surface area contributed by atoms with Crippen molar-refractivity contribution >= 4 is 27.7 Å². The number of anilines is 1. The van der Waals surface area contributed by atoms with E-state index < -0.39 is 0 Å². The van der Waals surface area contributed by atoms with Crippen LogP contribution in [0.15, 0.2) is 46.9 Å². The number of carbonyl (C=O) groups excluding carboxylic acids is 1. The van der Waals surface area contributed by atoms with Crippen LogP contribution in [0.2, 0.25) is 0 Å². The highest BCUT2D eigenvalue weighted by atomic mass is 79.9. The van der Waals surface area contributed by atoms with E-state index in [-0.39, 0.29) is 5.91 Å². The summed E-state index contributed by atoms with van der Waals surface area (Å²) in [6.45, 7) is 0. The van der Waals surface area contributed by atoms with E-state index in [0.29, 0.717) is 21.5 Å². The number of aryl methyl sites for hydroxylation is 1. The number of carbonyl (C=O) groups is 1. The molecule has 144 valence electrons. The molecule has 1 aliphatic carbocycles. The molecule has 3 aromatic rings. The average molecular weight is 442 g/mol. The van der Waals surface area contributed by atoms with E-state index in [0.717, 1.165) is 42.0 Å². The fraction of sp³-hybridized carbons (Fsp3) is 0.238. The Labute approximate surface area is 171 Å². The number of ether oxygens (including phenoxy) is 2. The lowest BCUT2D eigenvalue weighted by atomic mass is 10.1. The Bertz CT molecular complexity index is 1010. The first kappa shape index (κ1) is 18.6. The quantitative estimate of drug-likeness (QED) is 0.637. The molecular formula is C21H20BrN3O3. The second kappa shape index (κ2) is 7.67. The predicted octanol–water partition coefficient (Wildman–Crippen LogP) is 4.39. The van der Waals surface area contributed by atoms with Crippen molar-refractivity contribution in [3.63, 3.8) is 0 Å². The lowest BCUT2D eigenvalue weighted by Crippen LogP contribution is -2.16. The summed E-state index contributed by atoms with van der Waals surface area (Å²) in [5.74, 6) is 1.55. The van der Waals surface area contributed by atoms with Crippen LogP contribution in [0.1, 0.15) is 28.0 Å². The van der Waals surface area contributed by atoms with E-state index in [1.54, 1.807) is 26.4 Å². The van der Waals surface area contributed by atoms with Gasteiger partial charge in [0.25, 0.3) is 5.91 Å². The number of hydrogen-bond donors (Lipinski definition) is 1. The molecule has 1 amide bonds. The molecule has 6 nitrogen and oxygen atoms in total. The third-order valence-electron chi connectivity index (χ3n) is 4.85. The number of halogens is 1. The predicted molar refractivity (Wildman–Crippen MR) is 111 cm³/mol. The van der Waals surface area contributed by atoms with Crippen LogP contribution in [-0.2, 0) is 12.8 Å². The molecule has 0 bridgehead atoms. The van der Waals surface area contributed by atoms with E-state index in [9.17, 15) is 4.79 Å². The number of nitrogens with zero attached hydrogens (tertiary/aromatic N) is 2. The summed E-state index contributed by atoms with van der Waals surface area (Å²) in [6.07, 6.45) is 2.89. The van der Waals surface area contributed by atoms with Gasteiger partial charge < -0.3 is 14.8 Å². The van der Waals surface area contributed by atoms with E-state index in [1.807, 2.05) is 35.0 Å². The number of benzene rings is 2. The first-order valence-electron chi connectivity index (χ1n) is 9.01. The lowest BCUT2D eigenvalue weighted by Gasteiger charge is -2.13. The minimum atomic E-state index is -0.240. The molecule has 0 radical (unpaired) electrons. The molecule has 28 heavy (non-hydrogen) atoms. The summed E-state index contributed by atoms with van der Waals surface area (Å²) in [6, 6.07) is 13.2. The average Bonchev–Trinajstić information content (AvgIpc) is 3.31. The van der Waals surface area contributed by atoms with Gasteiger partial charge in [0.2, 0.25) is 0 Å². The molecule has 0 unspecified atom stereocenters. The molecule has 0 spiro atoms. The van der Waals surface area contributed by atoms with Crippen LogP contribution in [0.3, 0.4) is 0 Å². The minimum Gasteiger partial charge on any atom is -0.495 e. The van der Waals surface area contributed by atoms with Crippen LogP contribution < -0.4 is 14.8 Å². The van der Waals surface area contributed by atoms with E-state index >= 15 is 0 Å². The first-order chi connectivity index (χ1) is 13.6. The van der Waals surface area contributed by atoms with E-state index in [1.165, 1.54) is 0 Å². The molecule has 1 heterocycles. The van der Waals surface area contributed by atoms with Crippen molar-refractivity contribution in [2.75, 3.05) is 19.5 Å². The van der Waals surface area contributed by atoms with Gasteiger partial charge in [0.05, 0.1) is 25.6 Å². The number of para-hydroxylation sites is 1. The Balaban J connectivity index is 1.73. The van der Waals surface area contributed by atoms with Gasteiger partial charge in [-0.1, -0.05) is 18.2 Å². The Kier molecular flexibility index (Phi) is 5.09. The second-order valence-electron chi connectivity index (χ2n) is 6.52.